The molecule has 0 spiro atoms. The zero-order valence-electron chi connectivity index (χ0n) is 12.8. The van der Waals surface area contributed by atoms with E-state index >= 15 is 0 Å². The van der Waals surface area contributed by atoms with E-state index in [1.165, 1.54) is 7.11 Å². The Morgan fingerprint density at radius 2 is 2.14 bits per heavy atom. The standard InChI is InChI=1S/C14H22ClN3O3/c1-14(2,3)21-13(19)17-10(8-16)7-9-5-6-11(15)18-12(9)20-4/h5-6,10H,7-8,16H2,1-4H3,(H,17,19). The molecule has 1 amide bonds. The average Bonchev–Trinajstić information content (AvgIpc) is 2.37. The van der Waals surface area contributed by atoms with E-state index in [1.54, 1.807) is 32.9 Å². The molecule has 3 N–H and O–H groups in total. The number of halogens is 1. The minimum absolute atomic E-state index is 0.269. The van der Waals surface area contributed by atoms with E-state index in [0.717, 1.165) is 5.56 Å². The van der Waals surface area contributed by atoms with E-state index < -0.39 is 11.7 Å². The number of hydrogen-bond donors (Lipinski definition) is 2. The van der Waals surface area contributed by atoms with Crippen molar-refractivity contribution >= 4 is 17.7 Å². The normalized spacial score (nSPS) is 12.7. The van der Waals surface area contributed by atoms with Crippen LogP contribution in [0.1, 0.15) is 26.3 Å². The summed E-state index contributed by atoms with van der Waals surface area (Å²) in [5, 5.41) is 3.08. The Labute approximate surface area is 130 Å². The van der Waals surface area contributed by atoms with Crippen molar-refractivity contribution in [2.45, 2.75) is 38.8 Å². The fourth-order valence-electron chi connectivity index (χ4n) is 1.71. The summed E-state index contributed by atoms with van der Waals surface area (Å²) >= 11 is 5.82. The largest absolute Gasteiger partial charge is 0.481 e. The van der Waals surface area contributed by atoms with Gasteiger partial charge in [-0.05, 0) is 33.3 Å². The van der Waals surface area contributed by atoms with Crippen LogP contribution in [0.25, 0.3) is 0 Å². The molecule has 1 heterocycles. The molecule has 6 nitrogen and oxygen atoms in total. The van der Waals surface area contributed by atoms with Gasteiger partial charge in [-0.25, -0.2) is 9.78 Å². The summed E-state index contributed by atoms with van der Waals surface area (Å²) in [5.74, 6) is 0.423. The molecule has 118 valence electrons. The number of amides is 1. The van der Waals surface area contributed by atoms with Crippen LogP contribution in [-0.4, -0.2) is 36.4 Å². The van der Waals surface area contributed by atoms with Gasteiger partial charge in [-0.15, -0.1) is 0 Å². The maximum absolute atomic E-state index is 11.8. The van der Waals surface area contributed by atoms with Gasteiger partial charge in [-0.1, -0.05) is 17.7 Å². The molecule has 0 aliphatic carbocycles. The topological polar surface area (TPSA) is 86.5 Å². The fourth-order valence-corrected chi connectivity index (χ4v) is 1.85. The van der Waals surface area contributed by atoms with Crippen molar-refractivity contribution in [3.8, 4) is 5.88 Å². The zero-order chi connectivity index (χ0) is 16.0. The average molecular weight is 316 g/mol. The molecule has 0 aliphatic rings. The highest BCUT2D eigenvalue weighted by Gasteiger charge is 2.20. The maximum atomic E-state index is 11.8. The van der Waals surface area contributed by atoms with Crippen LogP contribution in [0.3, 0.4) is 0 Å². The van der Waals surface area contributed by atoms with Gasteiger partial charge in [0.25, 0.3) is 0 Å². The van der Waals surface area contributed by atoms with E-state index in [2.05, 4.69) is 10.3 Å². The monoisotopic (exact) mass is 315 g/mol. The molecule has 7 heteroatoms. The highest BCUT2D eigenvalue weighted by Crippen LogP contribution is 2.20. The van der Waals surface area contributed by atoms with Crippen molar-refractivity contribution in [3.63, 3.8) is 0 Å². The van der Waals surface area contributed by atoms with E-state index in [-0.39, 0.29) is 12.6 Å². The molecule has 1 rings (SSSR count). The van der Waals surface area contributed by atoms with Crippen LogP contribution in [0.5, 0.6) is 5.88 Å². The van der Waals surface area contributed by atoms with Crippen molar-refractivity contribution in [3.05, 3.63) is 22.8 Å². The van der Waals surface area contributed by atoms with Crippen LogP contribution in [0.15, 0.2) is 12.1 Å². The Morgan fingerprint density at radius 1 is 1.48 bits per heavy atom. The SMILES string of the molecule is COc1nc(Cl)ccc1CC(CN)NC(=O)OC(C)(C)C. The quantitative estimate of drug-likeness (QED) is 0.813. The van der Waals surface area contributed by atoms with Crippen LogP contribution in [0.4, 0.5) is 4.79 Å². The van der Waals surface area contributed by atoms with Crippen LogP contribution >= 0.6 is 11.6 Å². The number of carbonyl (C=O) groups excluding carboxylic acids is 1. The summed E-state index contributed by atoms with van der Waals surface area (Å²) in [7, 11) is 1.51. The Kier molecular flexibility index (Phi) is 6.23. The van der Waals surface area contributed by atoms with Crippen LogP contribution in [0, 0.1) is 0 Å². The number of rotatable bonds is 5. The summed E-state index contributed by atoms with van der Waals surface area (Å²) in [6.07, 6.45) is -0.0258. The van der Waals surface area contributed by atoms with Crippen LogP contribution in [0.2, 0.25) is 5.15 Å². The lowest BCUT2D eigenvalue weighted by atomic mass is 10.1. The van der Waals surface area contributed by atoms with Gasteiger partial charge in [0, 0.05) is 18.2 Å². The van der Waals surface area contributed by atoms with Gasteiger partial charge in [0.05, 0.1) is 7.11 Å². The second-order valence-corrected chi connectivity index (χ2v) is 5.97. The van der Waals surface area contributed by atoms with Crippen molar-refractivity contribution in [1.82, 2.24) is 10.3 Å². The molecular formula is C14H22ClN3O3. The number of aromatic nitrogens is 1. The maximum Gasteiger partial charge on any atom is 0.407 e. The number of alkyl carbamates (subject to hydrolysis) is 1. The summed E-state index contributed by atoms with van der Waals surface area (Å²) in [4.78, 5) is 15.8. The molecule has 21 heavy (non-hydrogen) atoms. The highest BCUT2D eigenvalue weighted by atomic mass is 35.5. The minimum Gasteiger partial charge on any atom is -0.481 e. The van der Waals surface area contributed by atoms with Gasteiger partial charge in [-0.2, -0.15) is 0 Å². The Bertz CT molecular complexity index is 489. The molecule has 0 saturated heterocycles. The Balaban J connectivity index is 2.72. The summed E-state index contributed by atoms with van der Waals surface area (Å²) in [6.45, 7) is 5.67. The molecule has 0 aliphatic heterocycles. The van der Waals surface area contributed by atoms with Crippen molar-refractivity contribution in [2.24, 2.45) is 5.73 Å². The summed E-state index contributed by atoms with van der Waals surface area (Å²) < 4.78 is 10.4. The molecule has 1 atom stereocenters. The first kappa shape index (κ1) is 17.5. The van der Waals surface area contributed by atoms with E-state index in [9.17, 15) is 4.79 Å². The van der Waals surface area contributed by atoms with Gasteiger partial charge < -0.3 is 20.5 Å². The number of pyridine rings is 1. The molecule has 0 radical (unpaired) electrons. The van der Waals surface area contributed by atoms with Gasteiger partial charge in [0.1, 0.15) is 10.8 Å². The zero-order valence-corrected chi connectivity index (χ0v) is 13.5. The molecule has 0 fully saturated rings. The summed E-state index contributed by atoms with van der Waals surface area (Å²) in [6, 6.07) is 3.19. The van der Waals surface area contributed by atoms with Crippen molar-refractivity contribution in [1.29, 1.82) is 0 Å². The van der Waals surface area contributed by atoms with Gasteiger partial charge in [0.2, 0.25) is 5.88 Å². The number of hydrogen-bond acceptors (Lipinski definition) is 5. The number of carbonyl (C=O) groups is 1. The predicted molar refractivity (Wildman–Crippen MR) is 81.7 cm³/mol. The number of nitrogens with zero attached hydrogens (tertiary/aromatic N) is 1. The first-order valence-electron chi connectivity index (χ1n) is 6.64. The van der Waals surface area contributed by atoms with Crippen LogP contribution in [-0.2, 0) is 11.2 Å². The lowest BCUT2D eigenvalue weighted by Gasteiger charge is -2.23. The van der Waals surface area contributed by atoms with Crippen molar-refractivity contribution < 1.29 is 14.3 Å². The lowest BCUT2D eigenvalue weighted by Crippen LogP contribution is -2.44. The number of ether oxygens (including phenoxy) is 2. The highest BCUT2D eigenvalue weighted by molar-refractivity contribution is 6.29. The van der Waals surface area contributed by atoms with E-state index in [0.29, 0.717) is 17.5 Å². The van der Waals surface area contributed by atoms with Gasteiger partial charge in [0.15, 0.2) is 0 Å². The first-order chi connectivity index (χ1) is 9.75. The number of methoxy groups -OCH3 is 1. The molecule has 0 saturated carbocycles. The van der Waals surface area contributed by atoms with Crippen LogP contribution < -0.4 is 15.8 Å². The predicted octanol–water partition coefficient (Wildman–Crippen LogP) is 2.14. The molecule has 1 aromatic rings. The molecule has 1 aromatic heterocycles. The summed E-state index contributed by atoms with van der Waals surface area (Å²) in [5.41, 5.74) is 5.96. The second kappa shape index (κ2) is 7.47. The minimum atomic E-state index is -0.553. The second-order valence-electron chi connectivity index (χ2n) is 5.59. The smallest absolute Gasteiger partial charge is 0.407 e. The fraction of sp³-hybridized carbons (Fsp3) is 0.571. The van der Waals surface area contributed by atoms with Crippen molar-refractivity contribution in [2.75, 3.05) is 13.7 Å². The molecule has 0 bridgehead atoms. The number of nitrogens with two attached hydrogens (primary N) is 1. The Hall–Kier alpha value is -1.53. The molecular weight excluding hydrogens is 294 g/mol. The third kappa shape index (κ3) is 6.18. The van der Waals surface area contributed by atoms with E-state index in [4.69, 9.17) is 26.8 Å². The third-order valence-corrected chi connectivity index (χ3v) is 2.78. The molecule has 0 aromatic carbocycles. The van der Waals surface area contributed by atoms with Gasteiger partial charge in [-0.3, -0.25) is 0 Å². The number of nitrogens with one attached hydrogen (secondary N) is 1. The first-order valence-corrected chi connectivity index (χ1v) is 7.02. The van der Waals surface area contributed by atoms with E-state index in [1.807, 2.05) is 0 Å². The Morgan fingerprint density at radius 3 is 2.67 bits per heavy atom. The molecule has 1 unspecified atom stereocenters. The third-order valence-electron chi connectivity index (χ3n) is 2.57. The van der Waals surface area contributed by atoms with Gasteiger partial charge >= 0.3 is 6.09 Å². The lowest BCUT2D eigenvalue weighted by molar-refractivity contribution is 0.0505.